The van der Waals surface area contributed by atoms with Gasteiger partial charge in [0.05, 0.1) is 6.61 Å². The summed E-state index contributed by atoms with van der Waals surface area (Å²) in [5.74, 6) is 1.17. The second-order valence-corrected chi connectivity index (χ2v) is 4.54. The molecule has 0 aliphatic rings. The molecule has 0 radical (unpaired) electrons. The predicted octanol–water partition coefficient (Wildman–Crippen LogP) is 2.15. The first kappa shape index (κ1) is 13.9. The predicted molar refractivity (Wildman–Crippen MR) is 68.0 cm³/mol. The molecule has 0 fully saturated rings. The quantitative estimate of drug-likeness (QED) is 0.739. The molecule has 0 aromatic carbocycles. The highest BCUT2D eigenvalue weighted by Gasteiger charge is 2.01. The van der Waals surface area contributed by atoms with Crippen LogP contribution < -0.4 is 10.5 Å². The van der Waals surface area contributed by atoms with Gasteiger partial charge in [0.1, 0.15) is 6.61 Å². The summed E-state index contributed by atoms with van der Waals surface area (Å²) in [6.07, 6.45) is 1.75. The highest BCUT2D eigenvalue weighted by Crippen LogP contribution is 2.12. The third-order valence-corrected chi connectivity index (χ3v) is 2.21. The Morgan fingerprint density at radius 1 is 1.24 bits per heavy atom. The molecule has 4 nitrogen and oxygen atoms in total. The Morgan fingerprint density at radius 3 is 2.53 bits per heavy atom. The van der Waals surface area contributed by atoms with Crippen molar-refractivity contribution in [2.45, 2.75) is 26.8 Å². The maximum Gasteiger partial charge on any atom is 0.213 e. The van der Waals surface area contributed by atoms with Crippen molar-refractivity contribution in [2.75, 3.05) is 19.8 Å². The maximum absolute atomic E-state index is 5.73. The van der Waals surface area contributed by atoms with Crippen molar-refractivity contribution in [1.82, 2.24) is 4.98 Å². The first-order valence-electron chi connectivity index (χ1n) is 6.01. The lowest BCUT2D eigenvalue weighted by Gasteiger charge is -2.09. The number of nitrogens with two attached hydrogens (primary N) is 1. The van der Waals surface area contributed by atoms with Gasteiger partial charge in [0, 0.05) is 24.9 Å². The van der Waals surface area contributed by atoms with Crippen LogP contribution in [0.5, 0.6) is 5.88 Å². The number of nitrogens with zero attached hydrogens (tertiary/aromatic N) is 1. The van der Waals surface area contributed by atoms with E-state index in [0.29, 0.717) is 25.0 Å². The summed E-state index contributed by atoms with van der Waals surface area (Å²) < 4.78 is 10.9. The standard InChI is InChI=1S/C13H22N2O2/c1-10(2)9-16-6-7-17-13-5-4-12(8-15-13)11(3)14/h4-5,8,10-11H,6-7,9,14H2,1-3H3. The molecule has 17 heavy (non-hydrogen) atoms. The molecule has 0 amide bonds. The maximum atomic E-state index is 5.73. The van der Waals surface area contributed by atoms with E-state index in [1.807, 2.05) is 19.1 Å². The van der Waals surface area contributed by atoms with Crippen LogP contribution in [0.15, 0.2) is 18.3 Å². The molecule has 0 bridgehead atoms. The minimum Gasteiger partial charge on any atom is -0.475 e. The summed E-state index contributed by atoms with van der Waals surface area (Å²) in [6.45, 7) is 8.05. The Bertz CT molecular complexity index is 310. The van der Waals surface area contributed by atoms with E-state index < -0.39 is 0 Å². The SMILES string of the molecule is CC(C)COCCOc1ccc(C(C)N)cn1. The van der Waals surface area contributed by atoms with Gasteiger partial charge in [0.15, 0.2) is 0 Å². The third-order valence-electron chi connectivity index (χ3n) is 2.21. The zero-order valence-corrected chi connectivity index (χ0v) is 10.8. The van der Waals surface area contributed by atoms with Gasteiger partial charge in [0.25, 0.3) is 0 Å². The molecule has 0 saturated heterocycles. The summed E-state index contributed by atoms with van der Waals surface area (Å²) in [5.41, 5.74) is 6.74. The molecular formula is C13H22N2O2. The van der Waals surface area contributed by atoms with Crippen LogP contribution in [0.25, 0.3) is 0 Å². The van der Waals surface area contributed by atoms with E-state index in [9.17, 15) is 0 Å². The highest BCUT2D eigenvalue weighted by atomic mass is 16.5. The molecular weight excluding hydrogens is 216 g/mol. The van der Waals surface area contributed by atoms with Crippen LogP contribution in [-0.2, 0) is 4.74 Å². The molecule has 1 unspecified atom stereocenters. The number of aromatic nitrogens is 1. The van der Waals surface area contributed by atoms with Gasteiger partial charge in [-0.1, -0.05) is 19.9 Å². The number of hydrogen-bond acceptors (Lipinski definition) is 4. The van der Waals surface area contributed by atoms with Gasteiger partial charge in [-0.3, -0.25) is 0 Å². The summed E-state index contributed by atoms with van der Waals surface area (Å²) in [5, 5.41) is 0. The molecule has 2 N–H and O–H groups in total. The Hall–Kier alpha value is -1.13. The Labute approximate surface area is 103 Å². The lowest BCUT2D eigenvalue weighted by Crippen LogP contribution is -2.11. The van der Waals surface area contributed by atoms with E-state index >= 15 is 0 Å². The number of rotatable bonds is 7. The monoisotopic (exact) mass is 238 g/mol. The van der Waals surface area contributed by atoms with Gasteiger partial charge in [-0.25, -0.2) is 4.98 Å². The van der Waals surface area contributed by atoms with E-state index in [2.05, 4.69) is 18.8 Å². The molecule has 1 aromatic rings. The van der Waals surface area contributed by atoms with Crippen molar-refractivity contribution >= 4 is 0 Å². The molecule has 96 valence electrons. The van der Waals surface area contributed by atoms with Crippen LogP contribution in [0, 0.1) is 5.92 Å². The zero-order valence-electron chi connectivity index (χ0n) is 10.8. The van der Waals surface area contributed by atoms with Gasteiger partial charge in [-0.05, 0) is 18.4 Å². The molecule has 0 spiro atoms. The average molecular weight is 238 g/mol. The fourth-order valence-electron chi connectivity index (χ4n) is 1.27. The topological polar surface area (TPSA) is 57.4 Å². The molecule has 0 aliphatic heterocycles. The van der Waals surface area contributed by atoms with Crippen molar-refractivity contribution < 1.29 is 9.47 Å². The van der Waals surface area contributed by atoms with E-state index in [1.54, 1.807) is 6.20 Å². The molecule has 4 heteroatoms. The van der Waals surface area contributed by atoms with Gasteiger partial charge in [-0.15, -0.1) is 0 Å². The number of hydrogen-bond donors (Lipinski definition) is 1. The van der Waals surface area contributed by atoms with Crippen LogP contribution in [0.4, 0.5) is 0 Å². The average Bonchev–Trinajstić information content (AvgIpc) is 2.29. The Kier molecular flexibility index (Phi) is 5.94. The van der Waals surface area contributed by atoms with E-state index in [1.165, 1.54) is 0 Å². The second-order valence-electron chi connectivity index (χ2n) is 4.54. The lowest BCUT2D eigenvalue weighted by atomic mass is 10.2. The molecule has 0 aliphatic carbocycles. The summed E-state index contributed by atoms with van der Waals surface area (Å²) in [6, 6.07) is 3.77. The van der Waals surface area contributed by atoms with Gasteiger partial charge >= 0.3 is 0 Å². The fraction of sp³-hybridized carbons (Fsp3) is 0.615. The van der Waals surface area contributed by atoms with Crippen molar-refractivity contribution in [3.8, 4) is 5.88 Å². The first-order valence-corrected chi connectivity index (χ1v) is 6.01. The largest absolute Gasteiger partial charge is 0.475 e. The summed E-state index contributed by atoms with van der Waals surface area (Å²) in [7, 11) is 0. The minimum atomic E-state index is 0.00549. The molecule has 1 atom stereocenters. The van der Waals surface area contributed by atoms with Crippen molar-refractivity contribution in [3.63, 3.8) is 0 Å². The van der Waals surface area contributed by atoms with Crippen LogP contribution in [0.2, 0.25) is 0 Å². The first-order chi connectivity index (χ1) is 8.09. The van der Waals surface area contributed by atoms with Crippen LogP contribution in [0.1, 0.15) is 32.4 Å². The lowest BCUT2D eigenvalue weighted by molar-refractivity contribution is 0.0806. The van der Waals surface area contributed by atoms with Gasteiger partial charge in [0.2, 0.25) is 5.88 Å². The fourth-order valence-corrected chi connectivity index (χ4v) is 1.27. The molecule has 1 rings (SSSR count). The second kappa shape index (κ2) is 7.25. The highest BCUT2D eigenvalue weighted by molar-refractivity contribution is 5.19. The van der Waals surface area contributed by atoms with Crippen molar-refractivity contribution in [3.05, 3.63) is 23.9 Å². The normalized spacial score (nSPS) is 12.8. The third kappa shape index (κ3) is 5.65. The van der Waals surface area contributed by atoms with Crippen LogP contribution in [0.3, 0.4) is 0 Å². The summed E-state index contributed by atoms with van der Waals surface area (Å²) in [4.78, 5) is 4.17. The van der Waals surface area contributed by atoms with E-state index in [-0.39, 0.29) is 6.04 Å². The van der Waals surface area contributed by atoms with Crippen molar-refractivity contribution in [2.24, 2.45) is 11.7 Å². The van der Waals surface area contributed by atoms with Crippen LogP contribution >= 0.6 is 0 Å². The van der Waals surface area contributed by atoms with Crippen LogP contribution in [-0.4, -0.2) is 24.8 Å². The van der Waals surface area contributed by atoms with Crippen molar-refractivity contribution in [1.29, 1.82) is 0 Å². The smallest absolute Gasteiger partial charge is 0.213 e. The van der Waals surface area contributed by atoms with Gasteiger partial charge < -0.3 is 15.2 Å². The Balaban J connectivity index is 2.23. The van der Waals surface area contributed by atoms with E-state index in [4.69, 9.17) is 15.2 Å². The number of ether oxygens (including phenoxy) is 2. The molecule has 1 aromatic heterocycles. The van der Waals surface area contributed by atoms with Gasteiger partial charge in [-0.2, -0.15) is 0 Å². The summed E-state index contributed by atoms with van der Waals surface area (Å²) >= 11 is 0. The van der Waals surface area contributed by atoms with E-state index in [0.717, 1.165) is 12.2 Å². The minimum absolute atomic E-state index is 0.00549. The number of pyridine rings is 1. The molecule has 1 heterocycles. The Morgan fingerprint density at radius 2 is 2.00 bits per heavy atom. The zero-order chi connectivity index (χ0) is 12.7. The molecule has 0 saturated carbocycles.